The first-order valence-electron chi connectivity index (χ1n) is 9.20. The number of hydrogen-bond acceptors (Lipinski definition) is 4. The number of thiophene rings is 1. The summed E-state index contributed by atoms with van der Waals surface area (Å²) in [5.41, 5.74) is 2.27. The Morgan fingerprint density at radius 2 is 2.00 bits per heavy atom. The molecule has 1 fully saturated rings. The van der Waals surface area contributed by atoms with Crippen LogP contribution in [-0.2, 0) is 4.74 Å². The highest BCUT2D eigenvalue weighted by molar-refractivity contribution is 7.13. The van der Waals surface area contributed by atoms with Gasteiger partial charge in [-0.2, -0.15) is 5.10 Å². The van der Waals surface area contributed by atoms with Crippen LogP contribution in [0.25, 0.3) is 16.3 Å². The van der Waals surface area contributed by atoms with Gasteiger partial charge in [0.2, 0.25) is 0 Å². The molecule has 140 valence electrons. The van der Waals surface area contributed by atoms with Gasteiger partial charge < -0.3 is 15.0 Å². The molecular formula is C20H23N4O2S+. The van der Waals surface area contributed by atoms with Gasteiger partial charge in [0.1, 0.15) is 18.8 Å². The van der Waals surface area contributed by atoms with Crippen LogP contribution < -0.4 is 10.2 Å². The lowest BCUT2D eigenvalue weighted by Gasteiger charge is -2.23. The van der Waals surface area contributed by atoms with E-state index in [4.69, 9.17) is 4.74 Å². The predicted octanol–water partition coefficient (Wildman–Crippen LogP) is 1.25. The van der Waals surface area contributed by atoms with Gasteiger partial charge in [-0.25, -0.2) is 4.68 Å². The molecule has 0 radical (unpaired) electrons. The zero-order valence-corrected chi connectivity index (χ0v) is 15.9. The SMILES string of the molecule is O=C(NCC[NH+]1CCOCC1)c1cn(-c2ccccc2)nc1-c1cccs1. The summed E-state index contributed by atoms with van der Waals surface area (Å²) in [6, 6.07) is 13.8. The molecule has 7 heteroatoms. The third-order valence-electron chi connectivity index (χ3n) is 4.70. The topological polar surface area (TPSA) is 60.6 Å². The largest absolute Gasteiger partial charge is 0.370 e. The summed E-state index contributed by atoms with van der Waals surface area (Å²) in [7, 11) is 0. The number of hydrogen-bond donors (Lipinski definition) is 2. The Kier molecular flexibility index (Phi) is 5.62. The highest BCUT2D eigenvalue weighted by Crippen LogP contribution is 2.27. The van der Waals surface area contributed by atoms with Crippen LogP contribution in [0.5, 0.6) is 0 Å². The summed E-state index contributed by atoms with van der Waals surface area (Å²) in [5.74, 6) is -0.0757. The normalized spacial score (nSPS) is 15.0. The molecule has 0 aliphatic carbocycles. The van der Waals surface area contributed by atoms with E-state index >= 15 is 0 Å². The molecule has 0 spiro atoms. The Morgan fingerprint density at radius 1 is 1.19 bits per heavy atom. The van der Waals surface area contributed by atoms with E-state index in [0.29, 0.717) is 12.1 Å². The van der Waals surface area contributed by atoms with Gasteiger partial charge in [0, 0.05) is 6.20 Å². The second-order valence-electron chi connectivity index (χ2n) is 6.52. The lowest BCUT2D eigenvalue weighted by atomic mass is 10.2. The minimum atomic E-state index is -0.0757. The zero-order chi connectivity index (χ0) is 18.5. The fraction of sp³-hybridized carbons (Fsp3) is 0.300. The highest BCUT2D eigenvalue weighted by Gasteiger charge is 2.20. The molecule has 1 aliphatic heterocycles. The zero-order valence-electron chi connectivity index (χ0n) is 15.1. The van der Waals surface area contributed by atoms with Gasteiger partial charge in [0.25, 0.3) is 5.91 Å². The number of carbonyl (C=O) groups is 1. The van der Waals surface area contributed by atoms with E-state index in [2.05, 4.69) is 10.4 Å². The molecule has 0 bridgehead atoms. The van der Waals surface area contributed by atoms with Crippen molar-refractivity contribution in [3.05, 3.63) is 59.6 Å². The average molecular weight is 383 g/mol. The maximum atomic E-state index is 12.9. The smallest absolute Gasteiger partial charge is 0.255 e. The maximum absolute atomic E-state index is 12.9. The molecule has 1 saturated heterocycles. The molecule has 6 nitrogen and oxygen atoms in total. The monoisotopic (exact) mass is 383 g/mol. The van der Waals surface area contributed by atoms with Crippen molar-refractivity contribution < 1.29 is 14.4 Å². The highest BCUT2D eigenvalue weighted by atomic mass is 32.1. The van der Waals surface area contributed by atoms with E-state index in [1.807, 2.05) is 54.0 Å². The van der Waals surface area contributed by atoms with Crippen LogP contribution in [0, 0.1) is 0 Å². The van der Waals surface area contributed by atoms with Crippen molar-refractivity contribution in [1.29, 1.82) is 0 Å². The van der Waals surface area contributed by atoms with Crippen LogP contribution >= 0.6 is 11.3 Å². The van der Waals surface area contributed by atoms with Crippen LogP contribution in [0.2, 0.25) is 0 Å². The van der Waals surface area contributed by atoms with Gasteiger partial charge >= 0.3 is 0 Å². The van der Waals surface area contributed by atoms with Gasteiger partial charge in [-0.3, -0.25) is 4.79 Å². The molecule has 27 heavy (non-hydrogen) atoms. The molecular weight excluding hydrogens is 360 g/mol. The predicted molar refractivity (Wildman–Crippen MR) is 106 cm³/mol. The first-order valence-corrected chi connectivity index (χ1v) is 10.1. The van der Waals surface area contributed by atoms with Gasteiger partial charge in [-0.05, 0) is 23.6 Å². The average Bonchev–Trinajstić information content (AvgIpc) is 3.39. The van der Waals surface area contributed by atoms with E-state index in [0.717, 1.165) is 49.1 Å². The summed E-state index contributed by atoms with van der Waals surface area (Å²) in [6.07, 6.45) is 1.82. The van der Waals surface area contributed by atoms with Gasteiger partial charge in [-0.1, -0.05) is 24.3 Å². The number of ether oxygens (including phenoxy) is 1. The van der Waals surface area contributed by atoms with Crippen LogP contribution in [0.15, 0.2) is 54.0 Å². The molecule has 1 aromatic carbocycles. The maximum Gasteiger partial charge on any atom is 0.255 e. The Morgan fingerprint density at radius 3 is 2.74 bits per heavy atom. The summed E-state index contributed by atoms with van der Waals surface area (Å²) in [6.45, 7) is 5.17. The van der Waals surface area contributed by atoms with Crippen molar-refractivity contribution in [2.45, 2.75) is 0 Å². The van der Waals surface area contributed by atoms with Crippen molar-refractivity contribution in [2.75, 3.05) is 39.4 Å². The summed E-state index contributed by atoms with van der Waals surface area (Å²) < 4.78 is 7.16. The third-order valence-corrected chi connectivity index (χ3v) is 5.57. The number of para-hydroxylation sites is 1. The van der Waals surface area contributed by atoms with Gasteiger partial charge in [-0.15, -0.1) is 11.3 Å². The molecule has 0 atom stereocenters. The van der Waals surface area contributed by atoms with Gasteiger partial charge in [0.05, 0.1) is 42.4 Å². The Balaban J connectivity index is 1.51. The van der Waals surface area contributed by atoms with E-state index in [1.165, 1.54) is 4.90 Å². The molecule has 4 rings (SSSR count). The van der Waals surface area contributed by atoms with E-state index in [1.54, 1.807) is 16.0 Å². The Labute approximate surface area is 162 Å². The molecule has 2 N–H and O–H groups in total. The molecule has 0 saturated carbocycles. The minimum absolute atomic E-state index is 0.0757. The van der Waals surface area contributed by atoms with E-state index in [-0.39, 0.29) is 5.91 Å². The van der Waals surface area contributed by atoms with Crippen molar-refractivity contribution in [3.8, 4) is 16.3 Å². The second-order valence-corrected chi connectivity index (χ2v) is 7.46. The summed E-state index contributed by atoms with van der Waals surface area (Å²) in [5, 5.41) is 9.75. The quantitative estimate of drug-likeness (QED) is 0.674. The van der Waals surface area contributed by atoms with Crippen molar-refractivity contribution >= 4 is 17.2 Å². The summed E-state index contributed by atoms with van der Waals surface area (Å²) in [4.78, 5) is 15.3. The number of nitrogens with zero attached hydrogens (tertiary/aromatic N) is 2. The number of nitrogens with one attached hydrogen (secondary N) is 2. The number of carbonyl (C=O) groups excluding carboxylic acids is 1. The lowest BCUT2D eigenvalue weighted by molar-refractivity contribution is -0.906. The Bertz CT molecular complexity index is 871. The number of morpholine rings is 1. The van der Waals surface area contributed by atoms with Gasteiger partial charge in [0.15, 0.2) is 0 Å². The number of benzene rings is 1. The minimum Gasteiger partial charge on any atom is -0.370 e. The lowest BCUT2D eigenvalue weighted by Crippen LogP contribution is -3.14. The molecule has 1 amide bonds. The van der Waals surface area contributed by atoms with Crippen LogP contribution in [0.4, 0.5) is 0 Å². The third kappa shape index (κ3) is 4.27. The first kappa shape index (κ1) is 17.9. The number of aromatic nitrogens is 2. The van der Waals surface area contributed by atoms with Crippen LogP contribution in [0.3, 0.4) is 0 Å². The molecule has 0 unspecified atom stereocenters. The van der Waals surface area contributed by atoms with E-state index in [9.17, 15) is 4.79 Å². The second kappa shape index (κ2) is 8.47. The molecule has 3 heterocycles. The standard InChI is InChI=1S/C20H22N4O2S/c25-20(21-8-9-23-10-12-26-13-11-23)17-15-24(16-5-2-1-3-6-16)22-19(17)18-7-4-14-27-18/h1-7,14-15H,8-13H2,(H,21,25)/p+1. The number of amides is 1. The fourth-order valence-corrected chi connectivity index (χ4v) is 3.93. The summed E-state index contributed by atoms with van der Waals surface area (Å²) >= 11 is 1.59. The number of quaternary nitrogens is 1. The first-order chi connectivity index (χ1) is 13.3. The van der Waals surface area contributed by atoms with Crippen molar-refractivity contribution in [1.82, 2.24) is 15.1 Å². The fourth-order valence-electron chi connectivity index (χ4n) is 3.21. The number of rotatable bonds is 6. The van der Waals surface area contributed by atoms with E-state index < -0.39 is 0 Å². The van der Waals surface area contributed by atoms with Crippen molar-refractivity contribution in [3.63, 3.8) is 0 Å². The van der Waals surface area contributed by atoms with Crippen LogP contribution in [-0.4, -0.2) is 55.1 Å². The molecule has 2 aromatic heterocycles. The Hall–Kier alpha value is -2.48. The molecule has 1 aliphatic rings. The van der Waals surface area contributed by atoms with Crippen molar-refractivity contribution in [2.24, 2.45) is 0 Å². The molecule has 3 aromatic rings. The van der Waals surface area contributed by atoms with Crippen LogP contribution in [0.1, 0.15) is 10.4 Å².